The highest BCUT2D eigenvalue weighted by molar-refractivity contribution is 5.47. The molecule has 0 fully saturated rings. The summed E-state index contributed by atoms with van der Waals surface area (Å²) in [4.78, 5) is 12.0. The van der Waals surface area contributed by atoms with Crippen LogP contribution < -0.4 is 0 Å². The minimum absolute atomic E-state index is 0.213. The molecule has 0 saturated carbocycles. The van der Waals surface area contributed by atoms with E-state index in [1.165, 1.54) is 4.90 Å². The van der Waals surface area contributed by atoms with E-state index < -0.39 is 6.10 Å². The molecule has 0 bridgehead atoms. The lowest BCUT2D eigenvalue weighted by atomic mass is 10.0. The third-order valence-electron chi connectivity index (χ3n) is 2.41. The molecule has 1 amide bonds. The van der Waals surface area contributed by atoms with Crippen LogP contribution in [-0.2, 0) is 4.79 Å². The number of hydrogen-bond acceptors (Lipinski definition) is 2. The molecule has 0 aliphatic carbocycles. The number of carbonyl (C=O) groups is 1. The highest BCUT2D eigenvalue weighted by Crippen LogP contribution is 2.18. The van der Waals surface area contributed by atoms with Crippen molar-refractivity contribution in [2.45, 2.75) is 19.1 Å². The van der Waals surface area contributed by atoms with Gasteiger partial charge in [0.05, 0.1) is 12.1 Å². The number of nitrogens with zero attached hydrogens (tertiary/aromatic N) is 1. The van der Waals surface area contributed by atoms with Gasteiger partial charge in [-0.3, -0.25) is 4.79 Å². The molecular weight excluding hydrogens is 178 g/mol. The van der Waals surface area contributed by atoms with E-state index in [0.29, 0.717) is 0 Å². The van der Waals surface area contributed by atoms with Gasteiger partial charge in [-0.05, 0) is 12.5 Å². The molecule has 14 heavy (non-hydrogen) atoms. The van der Waals surface area contributed by atoms with Gasteiger partial charge in [0.15, 0.2) is 0 Å². The van der Waals surface area contributed by atoms with Crippen molar-refractivity contribution in [2.24, 2.45) is 0 Å². The zero-order chi connectivity index (χ0) is 10.6. The van der Waals surface area contributed by atoms with Gasteiger partial charge in [0, 0.05) is 7.05 Å². The normalized spacial score (nSPS) is 14.5. The summed E-state index contributed by atoms with van der Waals surface area (Å²) in [6, 6.07) is 9.11. The first-order valence-corrected chi connectivity index (χ1v) is 4.57. The molecule has 0 aliphatic rings. The number of rotatable bonds is 4. The van der Waals surface area contributed by atoms with Gasteiger partial charge in [0.1, 0.15) is 0 Å². The molecule has 1 aromatic carbocycles. The Labute approximate surface area is 84.0 Å². The van der Waals surface area contributed by atoms with Crippen LogP contribution in [0.4, 0.5) is 0 Å². The van der Waals surface area contributed by atoms with E-state index in [1.54, 1.807) is 7.05 Å². The fourth-order valence-electron chi connectivity index (χ4n) is 1.25. The quantitative estimate of drug-likeness (QED) is 0.730. The molecule has 0 aromatic heterocycles. The SMILES string of the molecule is C[C@@H]([C@H](O)c1ccccc1)N(C)C=O. The third kappa shape index (κ3) is 2.33. The van der Waals surface area contributed by atoms with Gasteiger partial charge in [0.25, 0.3) is 0 Å². The molecule has 2 atom stereocenters. The number of amides is 1. The van der Waals surface area contributed by atoms with Crippen molar-refractivity contribution < 1.29 is 9.90 Å². The van der Waals surface area contributed by atoms with Crippen LogP contribution in [-0.4, -0.2) is 29.5 Å². The monoisotopic (exact) mass is 193 g/mol. The molecule has 0 aliphatic heterocycles. The molecule has 1 N–H and O–H groups in total. The lowest BCUT2D eigenvalue weighted by molar-refractivity contribution is -0.120. The summed E-state index contributed by atoms with van der Waals surface area (Å²) >= 11 is 0. The maximum absolute atomic E-state index is 10.5. The van der Waals surface area contributed by atoms with Crippen LogP contribution in [0.2, 0.25) is 0 Å². The number of hydrogen-bond donors (Lipinski definition) is 1. The first-order valence-electron chi connectivity index (χ1n) is 4.57. The highest BCUT2D eigenvalue weighted by atomic mass is 16.3. The van der Waals surface area contributed by atoms with E-state index in [-0.39, 0.29) is 6.04 Å². The summed E-state index contributed by atoms with van der Waals surface area (Å²) in [5.41, 5.74) is 0.828. The van der Waals surface area contributed by atoms with Crippen LogP contribution in [0.15, 0.2) is 30.3 Å². The van der Waals surface area contributed by atoms with E-state index in [4.69, 9.17) is 0 Å². The molecule has 3 nitrogen and oxygen atoms in total. The van der Waals surface area contributed by atoms with Gasteiger partial charge < -0.3 is 10.0 Å². The summed E-state index contributed by atoms with van der Waals surface area (Å²) in [5, 5.41) is 9.89. The molecule has 0 saturated heterocycles. The lowest BCUT2D eigenvalue weighted by Crippen LogP contribution is -2.33. The fraction of sp³-hybridized carbons (Fsp3) is 0.364. The molecule has 3 heteroatoms. The summed E-state index contributed by atoms with van der Waals surface area (Å²) in [7, 11) is 1.66. The second-order valence-corrected chi connectivity index (χ2v) is 3.37. The van der Waals surface area contributed by atoms with E-state index in [2.05, 4.69) is 0 Å². The van der Waals surface area contributed by atoms with Crippen molar-refractivity contribution in [1.29, 1.82) is 0 Å². The molecule has 0 unspecified atom stereocenters. The summed E-state index contributed by atoms with van der Waals surface area (Å²) < 4.78 is 0. The number of aliphatic hydroxyl groups excluding tert-OH is 1. The Hall–Kier alpha value is -1.35. The summed E-state index contributed by atoms with van der Waals surface area (Å²) in [6.45, 7) is 1.81. The Balaban J connectivity index is 2.75. The van der Waals surface area contributed by atoms with Crippen LogP contribution in [0.1, 0.15) is 18.6 Å². The third-order valence-corrected chi connectivity index (χ3v) is 2.41. The minimum Gasteiger partial charge on any atom is -0.386 e. The van der Waals surface area contributed by atoms with Gasteiger partial charge >= 0.3 is 0 Å². The molecule has 1 rings (SSSR count). The van der Waals surface area contributed by atoms with E-state index >= 15 is 0 Å². The summed E-state index contributed by atoms with van der Waals surface area (Å²) in [6.07, 6.45) is 0.0861. The number of benzene rings is 1. The molecule has 76 valence electrons. The van der Waals surface area contributed by atoms with Crippen LogP contribution in [0.3, 0.4) is 0 Å². The molecule has 1 aromatic rings. The Morgan fingerprint density at radius 2 is 1.93 bits per heavy atom. The Bertz CT molecular complexity index is 287. The minimum atomic E-state index is -0.633. The predicted octanol–water partition coefficient (Wildman–Crippen LogP) is 1.20. The average Bonchev–Trinajstić information content (AvgIpc) is 2.27. The average molecular weight is 193 g/mol. The van der Waals surface area contributed by atoms with Crippen molar-refractivity contribution in [3.05, 3.63) is 35.9 Å². The van der Waals surface area contributed by atoms with Gasteiger partial charge in [-0.15, -0.1) is 0 Å². The highest BCUT2D eigenvalue weighted by Gasteiger charge is 2.18. The Morgan fingerprint density at radius 1 is 1.36 bits per heavy atom. The first kappa shape index (κ1) is 10.7. The summed E-state index contributed by atoms with van der Waals surface area (Å²) in [5.74, 6) is 0. The van der Waals surface area contributed by atoms with Crippen molar-refractivity contribution in [2.75, 3.05) is 7.05 Å². The second kappa shape index (κ2) is 4.77. The van der Waals surface area contributed by atoms with Crippen molar-refractivity contribution in [3.63, 3.8) is 0 Å². The smallest absolute Gasteiger partial charge is 0.209 e. The lowest BCUT2D eigenvalue weighted by Gasteiger charge is -2.25. The van der Waals surface area contributed by atoms with E-state index in [0.717, 1.165) is 12.0 Å². The van der Waals surface area contributed by atoms with Crippen molar-refractivity contribution in [1.82, 2.24) is 4.90 Å². The molecular formula is C11H15NO2. The van der Waals surface area contributed by atoms with Crippen molar-refractivity contribution in [3.8, 4) is 0 Å². The van der Waals surface area contributed by atoms with Crippen molar-refractivity contribution >= 4 is 6.41 Å². The standard InChI is InChI=1S/C11H15NO2/c1-9(12(2)8-13)11(14)10-6-4-3-5-7-10/h3-9,11,14H,1-2H3/t9-,11-/m0/s1. The number of aliphatic hydroxyl groups is 1. The largest absolute Gasteiger partial charge is 0.386 e. The predicted molar refractivity (Wildman–Crippen MR) is 54.7 cm³/mol. The maximum Gasteiger partial charge on any atom is 0.209 e. The van der Waals surface area contributed by atoms with Gasteiger partial charge in [-0.2, -0.15) is 0 Å². The van der Waals surface area contributed by atoms with Gasteiger partial charge in [0.2, 0.25) is 6.41 Å². The first-order chi connectivity index (χ1) is 6.66. The fourth-order valence-corrected chi connectivity index (χ4v) is 1.25. The number of likely N-dealkylation sites (N-methyl/N-ethyl adjacent to an activating group) is 1. The van der Waals surface area contributed by atoms with Crippen LogP contribution in [0, 0.1) is 0 Å². The van der Waals surface area contributed by atoms with Gasteiger partial charge in [-0.1, -0.05) is 30.3 Å². The second-order valence-electron chi connectivity index (χ2n) is 3.37. The Kier molecular flexibility index (Phi) is 3.65. The Morgan fingerprint density at radius 3 is 2.43 bits per heavy atom. The molecule has 0 radical (unpaired) electrons. The number of carbonyl (C=O) groups excluding carboxylic acids is 1. The van der Waals surface area contributed by atoms with Crippen LogP contribution >= 0.6 is 0 Å². The zero-order valence-corrected chi connectivity index (χ0v) is 8.42. The van der Waals surface area contributed by atoms with Crippen LogP contribution in [0.25, 0.3) is 0 Å². The molecule has 0 heterocycles. The zero-order valence-electron chi connectivity index (χ0n) is 8.42. The molecule has 0 spiro atoms. The van der Waals surface area contributed by atoms with Crippen LogP contribution in [0.5, 0.6) is 0 Å². The van der Waals surface area contributed by atoms with E-state index in [1.807, 2.05) is 37.3 Å². The van der Waals surface area contributed by atoms with E-state index in [9.17, 15) is 9.90 Å². The topological polar surface area (TPSA) is 40.5 Å². The van der Waals surface area contributed by atoms with Gasteiger partial charge in [-0.25, -0.2) is 0 Å². The maximum atomic E-state index is 10.5.